The van der Waals surface area contributed by atoms with Gasteiger partial charge in [-0.1, -0.05) is 78.9 Å². The zero-order valence-corrected chi connectivity index (χ0v) is 17.1. The third-order valence-corrected chi connectivity index (χ3v) is 4.44. The van der Waals surface area contributed by atoms with Crippen molar-refractivity contribution in [2.24, 2.45) is 0 Å². The number of hydrogen-bond acceptors (Lipinski definition) is 5. The Bertz CT molecular complexity index is 997. The van der Waals surface area contributed by atoms with E-state index < -0.39 is 12.1 Å². The topological polar surface area (TPSA) is 61.8 Å². The average Bonchev–Trinajstić information content (AvgIpc) is 2.80. The average molecular weight is 416 g/mol. The number of benzene rings is 3. The van der Waals surface area contributed by atoms with Gasteiger partial charge in [-0.2, -0.15) is 0 Å². The van der Waals surface area contributed by atoms with E-state index in [-0.39, 0.29) is 6.61 Å². The maximum absolute atomic E-state index is 12.0. The van der Waals surface area contributed by atoms with Crippen LogP contribution < -0.4 is 4.74 Å². The minimum atomic E-state index is -0.790. The van der Waals surface area contributed by atoms with E-state index in [0.29, 0.717) is 30.8 Å². The van der Waals surface area contributed by atoms with Gasteiger partial charge >= 0.3 is 12.1 Å². The van der Waals surface area contributed by atoms with Crippen molar-refractivity contribution in [1.82, 2.24) is 0 Å². The first-order valence-electron chi connectivity index (χ1n) is 10.1. The molecule has 158 valence electrons. The summed E-state index contributed by atoms with van der Waals surface area (Å²) in [5.41, 5.74) is 2.75. The molecule has 0 spiro atoms. The Hall–Kier alpha value is -3.86. The lowest BCUT2D eigenvalue weighted by Gasteiger charge is -2.08. The van der Waals surface area contributed by atoms with Gasteiger partial charge in [0.1, 0.15) is 5.75 Å². The zero-order valence-electron chi connectivity index (χ0n) is 17.1. The molecule has 0 fully saturated rings. The SMILES string of the molecule is O=C(C=Cc1ccccc1OC(=O)OCCc1ccccc1)OCCc1ccccc1. The minimum absolute atomic E-state index is 0.217. The summed E-state index contributed by atoms with van der Waals surface area (Å²) >= 11 is 0. The molecule has 0 aliphatic heterocycles. The van der Waals surface area contributed by atoms with Gasteiger partial charge in [0.05, 0.1) is 13.2 Å². The van der Waals surface area contributed by atoms with Crippen LogP contribution in [0.4, 0.5) is 4.79 Å². The van der Waals surface area contributed by atoms with Gasteiger partial charge in [0.25, 0.3) is 0 Å². The normalized spacial score (nSPS) is 10.6. The number of hydrogen-bond donors (Lipinski definition) is 0. The van der Waals surface area contributed by atoms with Crippen LogP contribution in [0.15, 0.2) is 91.0 Å². The van der Waals surface area contributed by atoms with E-state index in [1.807, 2.05) is 60.7 Å². The molecule has 31 heavy (non-hydrogen) atoms. The molecule has 3 rings (SSSR count). The molecule has 0 N–H and O–H groups in total. The van der Waals surface area contributed by atoms with Crippen molar-refractivity contribution in [2.45, 2.75) is 12.8 Å². The van der Waals surface area contributed by atoms with Crippen molar-refractivity contribution in [3.8, 4) is 5.75 Å². The lowest BCUT2D eigenvalue weighted by Crippen LogP contribution is -2.13. The predicted octanol–water partition coefficient (Wildman–Crippen LogP) is 5.24. The third-order valence-electron chi connectivity index (χ3n) is 4.44. The zero-order chi connectivity index (χ0) is 21.7. The molecule has 0 heterocycles. The van der Waals surface area contributed by atoms with Crippen molar-refractivity contribution in [3.05, 3.63) is 108 Å². The molecule has 3 aromatic rings. The summed E-state index contributed by atoms with van der Waals surface area (Å²) in [6, 6.07) is 26.4. The molecule has 0 aliphatic carbocycles. The van der Waals surface area contributed by atoms with Gasteiger partial charge in [-0.25, -0.2) is 9.59 Å². The molecule has 0 saturated heterocycles. The number of ether oxygens (including phenoxy) is 3. The molecule has 3 aromatic carbocycles. The molecule has 0 aliphatic rings. The molecule has 5 nitrogen and oxygen atoms in total. The summed E-state index contributed by atoms with van der Waals surface area (Å²) in [4.78, 5) is 24.0. The van der Waals surface area contributed by atoms with E-state index in [4.69, 9.17) is 14.2 Å². The van der Waals surface area contributed by atoms with Crippen LogP contribution in [0, 0.1) is 0 Å². The Morgan fingerprint density at radius 1 is 0.677 bits per heavy atom. The van der Waals surface area contributed by atoms with Crippen LogP contribution in [-0.2, 0) is 27.1 Å². The van der Waals surface area contributed by atoms with Gasteiger partial charge in [0.2, 0.25) is 0 Å². The largest absolute Gasteiger partial charge is 0.513 e. The maximum Gasteiger partial charge on any atom is 0.513 e. The minimum Gasteiger partial charge on any atom is -0.462 e. The van der Waals surface area contributed by atoms with E-state index in [2.05, 4.69) is 0 Å². The summed E-state index contributed by atoms with van der Waals surface area (Å²) in [6.07, 6.45) is 3.33. The summed E-state index contributed by atoms with van der Waals surface area (Å²) in [7, 11) is 0. The number of carbonyl (C=O) groups is 2. The maximum atomic E-state index is 12.0. The van der Waals surface area contributed by atoms with Gasteiger partial charge in [-0.15, -0.1) is 0 Å². The predicted molar refractivity (Wildman–Crippen MR) is 119 cm³/mol. The highest BCUT2D eigenvalue weighted by atomic mass is 16.7. The van der Waals surface area contributed by atoms with Crippen molar-refractivity contribution in [3.63, 3.8) is 0 Å². The standard InChI is InChI=1S/C26H24O5/c27-25(29-19-17-21-9-3-1-4-10-21)16-15-23-13-7-8-14-24(23)31-26(28)30-20-18-22-11-5-2-6-12-22/h1-16H,17-20H2. The van der Waals surface area contributed by atoms with Crippen molar-refractivity contribution >= 4 is 18.2 Å². The third kappa shape index (κ3) is 7.82. The van der Waals surface area contributed by atoms with E-state index in [0.717, 1.165) is 11.1 Å². The van der Waals surface area contributed by atoms with Crippen LogP contribution >= 0.6 is 0 Å². The second kappa shape index (κ2) is 12.0. The van der Waals surface area contributed by atoms with Crippen LogP contribution in [-0.4, -0.2) is 25.3 Å². The molecule has 0 aromatic heterocycles. The Morgan fingerprint density at radius 2 is 1.23 bits per heavy atom. The van der Waals surface area contributed by atoms with Crippen LogP contribution in [0.25, 0.3) is 6.08 Å². The van der Waals surface area contributed by atoms with Crippen molar-refractivity contribution < 1.29 is 23.8 Å². The molecule has 0 radical (unpaired) electrons. The number of esters is 1. The molecule has 5 heteroatoms. The molecule has 0 unspecified atom stereocenters. The highest BCUT2D eigenvalue weighted by molar-refractivity contribution is 5.87. The summed E-state index contributed by atoms with van der Waals surface area (Å²) in [5.74, 6) is -0.156. The fourth-order valence-electron chi connectivity index (χ4n) is 2.85. The van der Waals surface area contributed by atoms with Gasteiger partial charge in [0.15, 0.2) is 0 Å². The smallest absolute Gasteiger partial charge is 0.462 e. The van der Waals surface area contributed by atoms with E-state index in [9.17, 15) is 9.59 Å². The van der Waals surface area contributed by atoms with Crippen molar-refractivity contribution in [2.75, 3.05) is 13.2 Å². The lowest BCUT2D eigenvalue weighted by atomic mass is 10.2. The molecule has 0 bridgehead atoms. The highest BCUT2D eigenvalue weighted by Crippen LogP contribution is 2.20. The highest BCUT2D eigenvalue weighted by Gasteiger charge is 2.09. The number of carbonyl (C=O) groups excluding carboxylic acids is 2. The second-order valence-corrected chi connectivity index (χ2v) is 6.71. The second-order valence-electron chi connectivity index (χ2n) is 6.71. The lowest BCUT2D eigenvalue weighted by molar-refractivity contribution is -0.137. The Kier molecular flexibility index (Phi) is 8.44. The first-order valence-corrected chi connectivity index (χ1v) is 10.1. The van der Waals surface area contributed by atoms with Crippen LogP contribution in [0.1, 0.15) is 16.7 Å². The van der Waals surface area contributed by atoms with Gasteiger partial charge < -0.3 is 14.2 Å². The summed E-state index contributed by atoms with van der Waals surface area (Å²) in [5, 5.41) is 0. The Morgan fingerprint density at radius 3 is 1.87 bits per heavy atom. The summed E-state index contributed by atoms with van der Waals surface area (Å²) < 4.78 is 15.7. The summed E-state index contributed by atoms with van der Waals surface area (Å²) in [6.45, 7) is 0.508. The monoisotopic (exact) mass is 416 g/mol. The molecular weight excluding hydrogens is 392 g/mol. The van der Waals surface area contributed by atoms with Gasteiger partial charge in [0, 0.05) is 24.5 Å². The van der Waals surface area contributed by atoms with Crippen LogP contribution in [0.2, 0.25) is 0 Å². The van der Waals surface area contributed by atoms with Crippen LogP contribution in [0.5, 0.6) is 5.75 Å². The van der Waals surface area contributed by atoms with Gasteiger partial charge in [-0.05, 0) is 23.3 Å². The molecule has 0 amide bonds. The van der Waals surface area contributed by atoms with E-state index in [1.165, 1.54) is 6.08 Å². The fraction of sp³-hybridized carbons (Fsp3) is 0.154. The quantitative estimate of drug-likeness (QED) is 0.271. The first kappa shape index (κ1) is 21.8. The van der Waals surface area contributed by atoms with Crippen LogP contribution in [0.3, 0.4) is 0 Å². The van der Waals surface area contributed by atoms with Gasteiger partial charge in [-0.3, -0.25) is 0 Å². The molecule has 0 saturated carbocycles. The fourth-order valence-corrected chi connectivity index (χ4v) is 2.85. The van der Waals surface area contributed by atoms with E-state index >= 15 is 0 Å². The Labute approximate surface area is 181 Å². The number of para-hydroxylation sites is 1. The Balaban J connectivity index is 1.46. The first-order chi connectivity index (χ1) is 15.2. The molecular formula is C26H24O5. The molecule has 0 atom stereocenters. The van der Waals surface area contributed by atoms with Crippen molar-refractivity contribution in [1.29, 1.82) is 0 Å². The van der Waals surface area contributed by atoms with E-state index in [1.54, 1.807) is 30.3 Å². The number of rotatable bonds is 9.